The lowest BCUT2D eigenvalue weighted by Gasteiger charge is -2.13. The number of hydrogen-bond acceptors (Lipinski definition) is 3. The largest absolute Gasteiger partial charge is 0.381 e. The fraction of sp³-hybridized carbons (Fsp3) is 0.533. The first-order valence-corrected chi connectivity index (χ1v) is 6.81. The number of hydrogen-bond donors (Lipinski definition) is 2. The van der Waals surface area contributed by atoms with Gasteiger partial charge >= 0.3 is 0 Å². The van der Waals surface area contributed by atoms with E-state index in [1.54, 1.807) is 7.11 Å². The van der Waals surface area contributed by atoms with Gasteiger partial charge in [-0.15, -0.1) is 0 Å². The van der Waals surface area contributed by atoms with Crippen molar-refractivity contribution in [2.75, 3.05) is 7.11 Å². The molecule has 104 valence electrons. The molecular formula is C15H22N2O2. The minimum absolute atomic E-state index is 0.0854. The van der Waals surface area contributed by atoms with E-state index in [0.717, 1.165) is 30.4 Å². The molecule has 0 heterocycles. The number of methoxy groups -OCH3 is 1. The van der Waals surface area contributed by atoms with Crippen molar-refractivity contribution in [2.24, 2.45) is 5.73 Å². The van der Waals surface area contributed by atoms with Gasteiger partial charge in [-0.2, -0.15) is 0 Å². The summed E-state index contributed by atoms with van der Waals surface area (Å²) in [6, 6.07) is 8.14. The summed E-state index contributed by atoms with van der Waals surface area (Å²) in [5.41, 5.74) is 7.66. The number of amides is 1. The fourth-order valence-electron chi connectivity index (χ4n) is 2.54. The zero-order valence-corrected chi connectivity index (χ0v) is 11.4. The standard InChI is InChI=1S/C15H22N2O2/c1-19-14-7-6-13(9-14)17-15(18)8-11-2-4-12(10-16)5-3-11/h2-5,13-14H,6-10,16H2,1H3,(H,17,18). The fourth-order valence-corrected chi connectivity index (χ4v) is 2.54. The van der Waals surface area contributed by atoms with Crippen molar-refractivity contribution < 1.29 is 9.53 Å². The summed E-state index contributed by atoms with van der Waals surface area (Å²) in [5.74, 6) is 0.0854. The van der Waals surface area contributed by atoms with Gasteiger partial charge in [-0.1, -0.05) is 24.3 Å². The Morgan fingerprint density at radius 2 is 2.00 bits per heavy atom. The smallest absolute Gasteiger partial charge is 0.224 e. The maximum absolute atomic E-state index is 11.9. The van der Waals surface area contributed by atoms with Crippen molar-refractivity contribution in [1.29, 1.82) is 0 Å². The van der Waals surface area contributed by atoms with Gasteiger partial charge in [0, 0.05) is 19.7 Å². The third kappa shape index (κ3) is 4.04. The van der Waals surface area contributed by atoms with Crippen LogP contribution in [0.4, 0.5) is 0 Å². The molecule has 4 heteroatoms. The average Bonchev–Trinajstić information content (AvgIpc) is 2.87. The molecule has 0 spiro atoms. The van der Waals surface area contributed by atoms with Crippen molar-refractivity contribution >= 4 is 5.91 Å². The predicted octanol–water partition coefficient (Wildman–Crippen LogP) is 1.37. The van der Waals surface area contributed by atoms with Crippen molar-refractivity contribution in [3.8, 4) is 0 Å². The highest BCUT2D eigenvalue weighted by Gasteiger charge is 2.25. The Kier molecular flexibility index (Phi) is 4.93. The molecule has 4 nitrogen and oxygen atoms in total. The van der Waals surface area contributed by atoms with Crippen LogP contribution in [0.5, 0.6) is 0 Å². The molecule has 3 N–H and O–H groups in total. The van der Waals surface area contributed by atoms with Crippen LogP contribution in [0.25, 0.3) is 0 Å². The van der Waals surface area contributed by atoms with E-state index in [9.17, 15) is 4.79 Å². The summed E-state index contributed by atoms with van der Waals surface area (Å²) in [7, 11) is 1.73. The van der Waals surface area contributed by atoms with Crippen LogP contribution >= 0.6 is 0 Å². The average molecular weight is 262 g/mol. The molecule has 0 saturated heterocycles. The molecule has 0 radical (unpaired) electrons. The van der Waals surface area contributed by atoms with E-state index >= 15 is 0 Å². The van der Waals surface area contributed by atoms with Gasteiger partial charge in [0.25, 0.3) is 0 Å². The van der Waals surface area contributed by atoms with Gasteiger partial charge in [0.15, 0.2) is 0 Å². The van der Waals surface area contributed by atoms with E-state index in [2.05, 4.69) is 5.32 Å². The first-order chi connectivity index (χ1) is 9.21. The Hall–Kier alpha value is -1.39. The van der Waals surface area contributed by atoms with Crippen molar-refractivity contribution in [3.05, 3.63) is 35.4 Å². The van der Waals surface area contributed by atoms with E-state index in [1.165, 1.54) is 0 Å². The molecule has 0 aromatic heterocycles. The molecule has 1 amide bonds. The van der Waals surface area contributed by atoms with E-state index in [4.69, 9.17) is 10.5 Å². The van der Waals surface area contributed by atoms with Gasteiger partial charge in [0.05, 0.1) is 12.5 Å². The number of nitrogens with one attached hydrogen (secondary N) is 1. The van der Waals surface area contributed by atoms with Gasteiger partial charge in [0.2, 0.25) is 5.91 Å². The first kappa shape index (κ1) is 14.0. The van der Waals surface area contributed by atoms with Crippen LogP contribution in [-0.4, -0.2) is 25.2 Å². The van der Waals surface area contributed by atoms with Crippen LogP contribution in [0.15, 0.2) is 24.3 Å². The summed E-state index contributed by atoms with van der Waals surface area (Å²) < 4.78 is 5.30. The second-order valence-electron chi connectivity index (χ2n) is 5.13. The van der Waals surface area contributed by atoms with Crippen molar-refractivity contribution in [2.45, 2.75) is 44.4 Å². The van der Waals surface area contributed by atoms with Crippen LogP contribution in [0.3, 0.4) is 0 Å². The molecule has 1 aromatic carbocycles. The summed E-state index contributed by atoms with van der Waals surface area (Å²) in [4.78, 5) is 11.9. The van der Waals surface area contributed by atoms with Crippen LogP contribution in [-0.2, 0) is 22.5 Å². The molecule has 2 atom stereocenters. The summed E-state index contributed by atoms with van der Waals surface area (Å²) in [6.45, 7) is 0.535. The molecule has 2 rings (SSSR count). The molecule has 1 aromatic rings. The number of nitrogens with two attached hydrogens (primary N) is 1. The van der Waals surface area contributed by atoms with Crippen molar-refractivity contribution in [1.82, 2.24) is 5.32 Å². The zero-order valence-electron chi connectivity index (χ0n) is 11.4. The van der Waals surface area contributed by atoms with Gasteiger partial charge in [0.1, 0.15) is 0 Å². The summed E-state index contributed by atoms with van der Waals surface area (Å²) in [5, 5.41) is 3.08. The SMILES string of the molecule is COC1CCC(NC(=O)Cc2ccc(CN)cc2)C1. The highest BCUT2D eigenvalue weighted by Crippen LogP contribution is 2.21. The molecule has 0 aliphatic heterocycles. The Morgan fingerprint density at radius 3 is 2.58 bits per heavy atom. The Balaban J connectivity index is 1.80. The maximum Gasteiger partial charge on any atom is 0.224 e. The highest BCUT2D eigenvalue weighted by molar-refractivity contribution is 5.78. The van der Waals surface area contributed by atoms with E-state index in [0.29, 0.717) is 19.1 Å². The normalized spacial score (nSPS) is 22.4. The van der Waals surface area contributed by atoms with Gasteiger partial charge in [-0.25, -0.2) is 0 Å². The van der Waals surface area contributed by atoms with Crippen LogP contribution in [0, 0.1) is 0 Å². The Bertz CT molecular complexity index is 417. The number of rotatable bonds is 5. The van der Waals surface area contributed by atoms with Gasteiger partial charge in [-0.3, -0.25) is 4.79 Å². The predicted molar refractivity (Wildman–Crippen MR) is 74.6 cm³/mol. The number of carbonyl (C=O) groups excluding carboxylic acids is 1. The quantitative estimate of drug-likeness (QED) is 0.842. The second-order valence-corrected chi connectivity index (χ2v) is 5.13. The number of ether oxygens (including phenoxy) is 1. The lowest BCUT2D eigenvalue weighted by molar-refractivity contribution is -0.121. The maximum atomic E-state index is 11.9. The van der Waals surface area contributed by atoms with Crippen LogP contribution < -0.4 is 11.1 Å². The van der Waals surface area contributed by atoms with Gasteiger partial charge < -0.3 is 15.8 Å². The molecule has 2 unspecified atom stereocenters. The Morgan fingerprint density at radius 1 is 1.32 bits per heavy atom. The minimum Gasteiger partial charge on any atom is -0.381 e. The Labute approximate surface area is 114 Å². The van der Waals surface area contributed by atoms with E-state index in [1.807, 2.05) is 24.3 Å². The molecule has 1 aliphatic rings. The number of carbonyl (C=O) groups is 1. The van der Waals surface area contributed by atoms with Crippen LogP contribution in [0.1, 0.15) is 30.4 Å². The molecule has 1 saturated carbocycles. The highest BCUT2D eigenvalue weighted by atomic mass is 16.5. The third-order valence-electron chi connectivity index (χ3n) is 3.71. The summed E-state index contributed by atoms with van der Waals surface area (Å²) in [6.07, 6.45) is 3.70. The van der Waals surface area contributed by atoms with Crippen LogP contribution in [0.2, 0.25) is 0 Å². The molecule has 1 aliphatic carbocycles. The van der Waals surface area contributed by atoms with Crippen molar-refractivity contribution in [3.63, 3.8) is 0 Å². The minimum atomic E-state index is 0.0854. The third-order valence-corrected chi connectivity index (χ3v) is 3.71. The topological polar surface area (TPSA) is 64.3 Å². The second kappa shape index (κ2) is 6.68. The first-order valence-electron chi connectivity index (χ1n) is 6.81. The molecular weight excluding hydrogens is 240 g/mol. The summed E-state index contributed by atoms with van der Waals surface area (Å²) >= 11 is 0. The van der Waals surface area contributed by atoms with E-state index < -0.39 is 0 Å². The monoisotopic (exact) mass is 262 g/mol. The van der Waals surface area contributed by atoms with Gasteiger partial charge in [-0.05, 0) is 30.4 Å². The molecule has 19 heavy (non-hydrogen) atoms. The van der Waals surface area contributed by atoms with E-state index in [-0.39, 0.29) is 11.9 Å². The lowest BCUT2D eigenvalue weighted by Crippen LogP contribution is -2.34. The molecule has 1 fully saturated rings. The number of benzene rings is 1. The lowest BCUT2D eigenvalue weighted by atomic mass is 10.1. The molecule has 0 bridgehead atoms. The zero-order chi connectivity index (χ0) is 13.7.